The van der Waals surface area contributed by atoms with E-state index in [0.717, 1.165) is 11.3 Å². The van der Waals surface area contributed by atoms with Gasteiger partial charge in [-0.1, -0.05) is 26.0 Å². The van der Waals surface area contributed by atoms with Crippen LogP contribution >= 0.6 is 0 Å². The molecule has 5 nitrogen and oxygen atoms in total. The zero-order valence-electron chi connectivity index (χ0n) is 14.0. The van der Waals surface area contributed by atoms with Crippen LogP contribution in [0.4, 0.5) is 0 Å². The Balaban J connectivity index is 1.90. The van der Waals surface area contributed by atoms with Crippen molar-refractivity contribution in [2.75, 3.05) is 19.7 Å². The van der Waals surface area contributed by atoms with E-state index >= 15 is 0 Å². The molecule has 1 aromatic carbocycles. The fourth-order valence-corrected chi connectivity index (χ4v) is 2.60. The Morgan fingerprint density at radius 1 is 1.30 bits per heavy atom. The maximum Gasteiger partial charge on any atom is 0.311 e. The fraction of sp³-hybridized carbons (Fsp3) is 0.556. The molecule has 126 valence electrons. The van der Waals surface area contributed by atoms with E-state index in [9.17, 15) is 14.7 Å². The van der Waals surface area contributed by atoms with Gasteiger partial charge < -0.3 is 14.7 Å². The highest BCUT2D eigenvalue weighted by molar-refractivity contribution is 5.82. The number of rotatable bonds is 6. The lowest BCUT2D eigenvalue weighted by molar-refractivity contribution is -0.147. The van der Waals surface area contributed by atoms with Crippen LogP contribution in [0.1, 0.15) is 32.8 Å². The van der Waals surface area contributed by atoms with E-state index in [0.29, 0.717) is 31.9 Å². The van der Waals surface area contributed by atoms with Crippen molar-refractivity contribution in [1.29, 1.82) is 0 Å². The summed E-state index contributed by atoms with van der Waals surface area (Å²) in [5, 5.41) is 9.23. The van der Waals surface area contributed by atoms with Gasteiger partial charge in [0.1, 0.15) is 5.75 Å². The molecule has 0 saturated carbocycles. The quantitative estimate of drug-likeness (QED) is 0.875. The van der Waals surface area contributed by atoms with Crippen molar-refractivity contribution in [2.45, 2.75) is 33.6 Å². The van der Waals surface area contributed by atoms with Gasteiger partial charge in [-0.15, -0.1) is 0 Å². The van der Waals surface area contributed by atoms with Crippen LogP contribution < -0.4 is 4.74 Å². The van der Waals surface area contributed by atoms with Crippen LogP contribution in [0, 0.1) is 11.3 Å². The predicted molar refractivity (Wildman–Crippen MR) is 87.4 cm³/mol. The first-order valence-electron chi connectivity index (χ1n) is 8.03. The summed E-state index contributed by atoms with van der Waals surface area (Å²) < 4.78 is 5.62. The van der Waals surface area contributed by atoms with Gasteiger partial charge in [0.2, 0.25) is 5.91 Å². The van der Waals surface area contributed by atoms with Crippen LogP contribution in [-0.2, 0) is 16.0 Å². The summed E-state index contributed by atoms with van der Waals surface area (Å²) in [6, 6.07) is 7.52. The molecule has 0 spiro atoms. The molecular weight excluding hydrogens is 294 g/mol. The monoisotopic (exact) mass is 319 g/mol. The number of hydrogen-bond acceptors (Lipinski definition) is 3. The number of likely N-dealkylation sites (tertiary alicyclic amines) is 1. The first kappa shape index (κ1) is 17.3. The third-order valence-corrected chi connectivity index (χ3v) is 4.20. The van der Waals surface area contributed by atoms with Gasteiger partial charge in [0.05, 0.1) is 18.4 Å². The summed E-state index contributed by atoms with van der Waals surface area (Å²) in [4.78, 5) is 25.2. The topological polar surface area (TPSA) is 66.8 Å². The van der Waals surface area contributed by atoms with Gasteiger partial charge in [0, 0.05) is 13.1 Å². The van der Waals surface area contributed by atoms with E-state index in [-0.39, 0.29) is 12.5 Å². The Morgan fingerprint density at radius 3 is 2.48 bits per heavy atom. The smallest absolute Gasteiger partial charge is 0.311 e. The van der Waals surface area contributed by atoms with Crippen LogP contribution in [0.15, 0.2) is 24.3 Å². The van der Waals surface area contributed by atoms with Gasteiger partial charge in [-0.2, -0.15) is 0 Å². The van der Waals surface area contributed by atoms with Gasteiger partial charge in [0.25, 0.3) is 0 Å². The van der Waals surface area contributed by atoms with Crippen molar-refractivity contribution in [3.63, 3.8) is 0 Å². The summed E-state index contributed by atoms with van der Waals surface area (Å²) in [7, 11) is 0. The lowest BCUT2D eigenvalue weighted by atomic mass is 9.90. The van der Waals surface area contributed by atoms with Crippen molar-refractivity contribution in [2.24, 2.45) is 11.3 Å². The molecule has 1 N–H and O–H groups in total. The van der Waals surface area contributed by atoms with E-state index in [1.807, 2.05) is 24.3 Å². The van der Waals surface area contributed by atoms with Gasteiger partial charge >= 0.3 is 5.97 Å². The van der Waals surface area contributed by atoms with Crippen molar-refractivity contribution < 1.29 is 19.4 Å². The number of amides is 1. The number of ether oxygens (including phenoxy) is 1. The highest BCUT2D eigenvalue weighted by atomic mass is 16.5. The molecule has 1 aliphatic rings. The van der Waals surface area contributed by atoms with Gasteiger partial charge in [-0.3, -0.25) is 9.59 Å². The SMILES string of the molecule is CC(C)COc1ccc(CC(=O)N2CC[C@](C)(C(=O)O)C2)cc1. The molecule has 1 amide bonds. The molecule has 0 bridgehead atoms. The summed E-state index contributed by atoms with van der Waals surface area (Å²) >= 11 is 0. The van der Waals surface area contributed by atoms with Crippen LogP contribution in [-0.4, -0.2) is 41.6 Å². The lowest BCUT2D eigenvalue weighted by Crippen LogP contribution is -2.35. The first-order valence-corrected chi connectivity index (χ1v) is 8.03. The second-order valence-electron chi connectivity index (χ2n) is 6.96. The molecule has 0 aliphatic carbocycles. The van der Waals surface area contributed by atoms with Crippen molar-refractivity contribution >= 4 is 11.9 Å². The molecule has 1 aliphatic heterocycles. The average Bonchev–Trinajstić information content (AvgIpc) is 2.90. The Labute approximate surface area is 137 Å². The Kier molecular flexibility index (Phi) is 5.29. The molecule has 0 unspecified atom stereocenters. The van der Waals surface area contributed by atoms with Crippen LogP contribution in [0.25, 0.3) is 0 Å². The molecule has 1 heterocycles. The number of hydrogen-bond donors (Lipinski definition) is 1. The summed E-state index contributed by atoms with van der Waals surface area (Å²) in [6.07, 6.45) is 0.802. The van der Waals surface area contributed by atoms with Crippen molar-refractivity contribution in [3.8, 4) is 5.75 Å². The maximum absolute atomic E-state index is 12.3. The van der Waals surface area contributed by atoms with E-state index in [2.05, 4.69) is 13.8 Å². The van der Waals surface area contributed by atoms with Crippen LogP contribution in [0.2, 0.25) is 0 Å². The molecule has 1 aromatic rings. The van der Waals surface area contributed by atoms with Gasteiger partial charge in [-0.05, 0) is 37.0 Å². The van der Waals surface area contributed by atoms with Crippen molar-refractivity contribution in [1.82, 2.24) is 4.90 Å². The maximum atomic E-state index is 12.3. The molecule has 23 heavy (non-hydrogen) atoms. The molecule has 5 heteroatoms. The third kappa shape index (κ3) is 4.47. The van der Waals surface area contributed by atoms with E-state index in [1.54, 1.807) is 11.8 Å². The van der Waals surface area contributed by atoms with E-state index in [4.69, 9.17) is 4.74 Å². The van der Waals surface area contributed by atoms with Crippen LogP contribution in [0.5, 0.6) is 5.75 Å². The Bertz CT molecular complexity index is 567. The summed E-state index contributed by atoms with van der Waals surface area (Å²) in [5.41, 5.74) is 0.0975. The molecule has 1 fully saturated rings. The van der Waals surface area contributed by atoms with E-state index in [1.165, 1.54) is 0 Å². The molecule has 1 saturated heterocycles. The number of carboxylic acid groups (broad SMARTS) is 1. The molecule has 0 aromatic heterocycles. The third-order valence-electron chi connectivity index (χ3n) is 4.20. The molecule has 0 radical (unpaired) electrons. The summed E-state index contributed by atoms with van der Waals surface area (Å²) in [6.45, 7) is 7.35. The number of nitrogens with zero attached hydrogens (tertiary/aromatic N) is 1. The predicted octanol–water partition coefficient (Wildman–Crippen LogP) is 2.59. The Hall–Kier alpha value is -2.04. The highest BCUT2D eigenvalue weighted by Crippen LogP contribution is 2.30. The van der Waals surface area contributed by atoms with Gasteiger partial charge in [0.15, 0.2) is 0 Å². The standard InChI is InChI=1S/C18H25NO4/c1-13(2)11-23-15-6-4-14(5-7-15)10-16(20)19-9-8-18(3,12-19)17(21)22/h4-7,13H,8-12H2,1-3H3,(H,21,22)/t18-/m0/s1. The van der Waals surface area contributed by atoms with Gasteiger partial charge in [-0.25, -0.2) is 0 Å². The molecule has 2 rings (SSSR count). The van der Waals surface area contributed by atoms with E-state index < -0.39 is 11.4 Å². The zero-order valence-corrected chi connectivity index (χ0v) is 14.0. The number of carbonyl (C=O) groups is 2. The minimum atomic E-state index is -0.834. The number of carbonyl (C=O) groups excluding carboxylic acids is 1. The summed E-state index contributed by atoms with van der Waals surface area (Å²) in [5.74, 6) is 0.412. The second-order valence-corrected chi connectivity index (χ2v) is 6.96. The first-order chi connectivity index (χ1) is 10.8. The van der Waals surface area contributed by atoms with Crippen LogP contribution in [0.3, 0.4) is 0 Å². The lowest BCUT2D eigenvalue weighted by Gasteiger charge is -2.20. The molecular formula is C18H25NO4. The average molecular weight is 319 g/mol. The number of carboxylic acids is 1. The molecule has 1 atom stereocenters. The highest BCUT2D eigenvalue weighted by Gasteiger charge is 2.41. The Morgan fingerprint density at radius 2 is 1.96 bits per heavy atom. The minimum Gasteiger partial charge on any atom is -0.493 e. The number of aliphatic carboxylic acids is 1. The number of benzene rings is 1. The zero-order chi connectivity index (χ0) is 17.0. The second kappa shape index (κ2) is 7.02. The van der Waals surface area contributed by atoms with Crippen molar-refractivity contribution in [3.05, 3.63) is 29.8 Å². The minimum absolute atomic E-state index is 0.0224. The normalized spacial score (nSPS) is 20.8. The largest absolute Gasteiger partial charge is 0.493 e. The fourth-order valence-electron chi connectivity index (χ4n) is 2.60.